The second-order valence-electron chi connectivity index (χ2n) is 2.60. The quantitative estimate of drug-likeness (QED) is 0.552. The molecule has 0 saturated carbocycles. The molecule has 1 aromatic carbocycles. The molecule has 3 nitrogen and oxygen atoms in total. The first kappa shape index (κ1) is 9.51. The number of hydrogen-bond acceptors (Lipinski definition) is 3. The minimum atomic E-state index is -0.411. The lowest BCUT2D eigenvalue weighted by Crippen LogP contribution is -2.06. The van der Waals surface area contributed by atoms with Crippen molar-refractivity contribution >= 4 is 11.7 Å². The molecule has 0 bridgehead atoms. The zero-order chi connectivity index (χ0) is 9.84. The number of anilines is 1. The molecule has 0 spiro atoms. The van der Waals surface area contributed by atoms with Crippen molar-refractivity contribution in [1.82, 2.24) is 0 Å². The molecule has 0 radical (unpaired) electrons. The summed E-state index contributed by atoms with van der Waals surface area (Å²) >= 11 is 0. The predicted octanol–water partition coefficient (Wildman–Crippen LogP) is 1.12. The van der Waals surface area contributed by atoms with E-state index >= 15 is 0 Å². The first-order valence-corrected chi connectivity index (χ1v) is 3.74. The first-order chi connectivity index (χ1) is 6.13. The van der Waals surface area contributed by atoms with Crippen LogP contribution in [0.5, 0.6) is 0 Å². The lowest BCUT2D eigenvalue weighted by atomic mass is 10.1. The third kappa shape index (κ3) is 2.43. The van der Waals surface area contributed by atoms with Crippen LogP contribution in [0.1, 0.15) is 5.56 Å². The Morgan fingerprint density at radius 2 is 2.31 bits per heavy atom. The summed E-state index contributed by atoms with van der Waals surface area (Å²) in [6.07, 6.45) is 0.0720. The van der Waals surface area contributed by atoms with Crippen LogP contribution < -0.4 is 5.73 Å². The van der Waals surface area contributed by atoms with Gasteiger partial charge in [0.05, 0.1) is 13.5 Å². The summed E-state index contributed by atoms with van der Waals surface area (Å²) in [6.45, 7) is 0. The van der Waals surface area contributed by atoms with Crippen LogP contribution in [0.2, 0.25) is 0 Å². The van der Waals surface area contributed by atoms with E-state index in [1.54, 1.807) is 0 Å². The maximum absolute atomic E-state index is 12.6. The van der Waals surface area contributed by atoms with E-state index in [9.17, 15) is 9.18 Å². The highest BCUT2D eigenvalue weighted by Gasteiger charge is 2.06. The summed E-state index contributed by atoms with van der Waals surface area (Å²) in [5.41, 5.74) is 6.32. The molecule has 0 aliphatic rings. The number of carbonyl (C=O) groups is 1. The van der Waals surface area contributed by atoms with E-state index in [-0.39, 0.29) is 12.1 Å². The van der Waals surface area contributed by atoms with Crippen LogP contribution in [0.3, 0.4) is 0 Å². The molecular formula is C9H10FNO2. The maximum Gasteiger partial charge on any atom is 0.310 e. The molecule has 0 atom stereocenters. The molecule has 0 heterocycles. The van der Waals surface area contributed by atoms with E-state index in [4.69, 9.17) is 5.73 Å². The number of methoxy groups -OCH3 is 1. The van der Waals surface area contributed by atoms with Gasteiger partial charge in [-0.1, -0.05) is 6.07 Å². The number of benzene rings is 1. The van der Waals surface area contributed by atoms with Crippen LogP contribution in [0, 0.1) is 5.82 Å². The van der Waals surface area contributed by atoms with Gasteiger partial charge in [0.1, 0.15) is 5.82 Å². The normalized spacial score (nSPS) is 9.69. The zero-order valence-electron chi connectivity index (χ0n) is 7.21. The van der Waals surface area contributed by atoms with Crippen molar-refractivity contribution in [2.24, 2.45) is 0 Å². The van der Waals surface area contributed by atoms with Gasteiger partial charge in [-0.3, -0.25) is 4.79 Å². The molecule has 0 saturated heterocycles. The number of nitrogens with two attached hydrogens (primary N) is 1. The monoisotopic (exact) mass is 183 g/mol. The van der Waals surface area contributed by atoms with E-state index < -0.39 is 11.8 Å². The van der Waals surface area contributed by atoms with E-state index in [1.165, 1.54) is 25.3 Å². The second-order valence-corrected chi connectivity index (χ2v) is 2.60. The number of nitrogen functional groups attached to an aromatic ring is 1. The van der Waals surface area contributed by atoms with Gasteiger partial charge in [-0.05, 0) is 17.7 Å². The molecule has 70 valence electrons. The topological polar surface area (TPSA) is 52.3 Å². The number of hydrogen-bond donors (Lipinski definition) is 1. The highest BCUT2D eigenvalue weighted by atomic mass is 19.1. The van der Waals surface area contributed by atoms with Gasteiger partial charge < -0.3 is 10.5 Å². The van der Waals surface area contributed by atoms with E-state index in [0.717, 1.165) is 0 Å². The van der Waals surface area contributed by atoms with Gasteiger partial charge in [0, 0.05) is 5.69 Å². The fraction of sp³-hybridized carbons (Fsp3) is 0.222. The number of ether oxygens (including phenoxy) is 1. The van der Waals surface area contributed by atoms with Crippen molar-refractivity contribution in [1.29, 1.82) is 0 Å². The number of esters is 1. The molecule has 0 aliphatic heterocycles. The van der Waals surface area contributed by atoms with Gasteiger partial charge in [0.25, 0.3) is 0 Å². The van der Waals surface area contributed by atoms with Crippen molar-refractivity contribution in [2.45, 2.75) is 6.42 Å². The van der Waals surface area contributed by atoms with Gasteiger partial charge in [-0.15, -0.1) is 0 Å². The number of carbonyl (C=O) groups excluding carboxylic acids is 1. The molecule has 0 fully saturated rings. The van der Waals surface area contributed by atoms with E-state index in [0.29, 0.717) is 5.56 Å². The third-order valence-electron chi connectivity index (χ3n) is 1.67. The van der Waals surface area contributed by atoms with Crippen LogP contribution in [0.4, 0.5) is 10.1 Å². The standard InChI is InChI=1S/C9H10FNO2/c1-13-9(12)4-6-2-3-7(10)5-8(6)11/h2-3,5H,4,11H2,1H3. The molecule has 0 unspecified atom stereocenters. The summed E-state index contributed by atoms with van der Waals surface area (Å²) in [5, 5.41) is 0. The predicted molar refractivity (Wildman–Crippen MR) is 46.5 cm³/mol. The molecule has 4 heteroatoms. The highest BCUT2D eigenvalue weighted by Crippen LogP contribution is 2.14. The first-order valence-electron chi connectivity index (χ1n) is 3.74. The van der Waals surface area contributed by atoms with Gasteiger partial charge >= 0.3 is 5.97 Å². The smallest absolute Gasteiger partial charge is 0.310 e. The Kier molecular flexibility index (Phi) is 2.84. The Hall–Kier alpha value is -1.58. The minimum Gasteiger partial charge on any atom is -0.469 e. The van der Waals surface area contributed by atoms with Gasteiger partial charge in [-0.25, -0.2) is 4.39 Å². The molecule has 1 rings (SSSR count). The average Bonchev–Trinajstić information content (AvgIpc) is 2.09. The zero-order valence-corrected chi connectivity index (χ0v) is 7.21. The van der Waals surface area contributed by atoms with E-state index in [1.807, 2.05) is 0 Å². The van der Waals surface area contributed by atoms with Gasteiger partial charge in [0.2, 0.25) is 0 Å². The fourth-order valence-electron chi connectivity index (χ4n) is 0.954. The van der Waals surface area contributed by atoms with Gasteiger partial charge in [-0.2, -0.15) is 0 Å². The highest BCUT2D eigenvalue weighted by molar-refractivity contribution is 5.74. The number of rotatable bonds is 2. The van der Waals surface area contributed by atoms with Crippen molar-refractivity contribution in [3.63, 3.8) is 0 Å². The minimum absolute atomic E-state index is 0.0720. The molecule has 13 heavy (non-hydrogen) atoms. The SMILES string of the molecule is COC(=O)Cc1ccc(F)cc1N. The molecule has 2 N–H and O–H groups in total. The summed E-state index contributed by atoms with van der Waals surface area (Å²) in [4.78, 5) is 10.8. The summed E-state index contributed by atoms with van der Waals surface area (Å²) in [6, 6.07) is 3.91. The van der Waals surface area contributed by atoms with Crippen molar-refractivity contribution in [3.05, 3.63) is 29.6 Å². The Morgan fingerprint density at radius 3 is 2.85 bits per heavy atom. The van der Waals surface area contributed by atoms with Crippen molar-refractivity contribution in [3.8, 4) is 0 Å². The van der Waals surface area contributed by atoms with Crippen LogP contribution >= 0.6 is 0 Å². The Morgan fingerprint density at radius 1 is 1.62 bits per heavy atom. The van der Waals surface area contributed by atoms with Crippen LogP contribution in [-0.2, 0) is 16.0 Å². The molecular weight excluding hydrogens is 173 g/mol. The molecule has 0 aromatic heterocycles. The molecule has 0 amide bonds. The summed E-state index contributed by atoms with van der Waals surface area (Å²) in [5.74, 6) is -0.801. The number of halogens is 1. The van der Waals surface area contributed by atoms with Crippen LogP contribution in [0.25, 0.3) is 0 Å². The van der Waals surface area contributed by atoms with Gasteiger partial charge in [0.15, 0.2) is 0 Å². The fourth-order valence-corrected chi connectivity index (χ4v) is 0.954. The van der Waals surface area contributed by atoms with Crippen LogP contribution in [0.15, 0.2) is 18.2 Å². The molecule has 0 aliphatic carbocycles. The largest absolute Gasteiger partial charge is 0.469 e. The van der Waals surface area contributed by atoms with Crippen molar-refractivity contribution in [2.75, 3.05) is 12.8 Å². The lowest BCUT2D eigenvalue weighted by Gasteiger charge is -2.03. The molecule has 1 aromatic rings. The van der Waals surface area contributed by atoms with Crippen LogP contribution in [-0.4, -0.2) is 13.1 Å². The third-order valence-corrected chi connectivity index (χ3v) is 1.67. The Balaban J connectivity index is 2.83. The van der Waals surface area contributed by atoms with Crippen molar-refractivity contribution < 1.29 is 13.9 Å². The summed E-state index contributed by atoms with van der Waals surface area (Å²) in [7, 11) is 1.29. The second kappa shape index (κ2) is 3.89. The lowest BCUT2D eigenvalue weighted by molar-refractivity contribution is -0.139. The maximum atomic E-state index is 12.6. The Labute approximate surface area is 75.3 Å². The summed E-state index contributed by atoms with van der Waals surface area (Å²) < 4.78 is 17.0. The van der Waals surface area contributed by atoms with E-state index in [2.05, 4.69) is 4.74 Å². The average molecular weight is 183 g/mol. The Bertz CT molecular complexity index is 325.